The van der Waals surface area contributed by atoms with E-state index >= 15 is 0 Å². The van der Waals surface area contributed by atoms with Crippen molar-refractivity contribution in [3.05, 3.63) is 66.0 Å². The molecule has 2 bridgehead atoms. The minimum Gasteiger partial charge on any atom is -0.496 e. The number of carbonyl (C=O) groups is 1. The van der Waals surface area contributed by atoms with Gasteiger partial charge in [0.05, 0.1) is 13.3 Å². The van der Waals surface area contributed by atoms with Gasteiger partial charge in [0, 0.05) is 42.0 Å². The molecule has 4 saturated carbocycles. The number of anilines is 1. The van der Waals surface area contributed by atoms with E-state index in [1.54, 1.807) is 7.11 Å². The highest BCUT2D eigenvalue weighted by Gasteiger charge is 2.50. The predicted molar refractivity (Wildman–Crippen MR) is 170 cm³/mol. The molecule has 0 saturated heterocycles. The van der Waals surface area contributed by atoms with Gasteiger partial charge in [-0.05, 0) is 131 Å². The number of fused-ring (bicyclic) bond motifs is 3. The number of nitrogens with two attached hydrogens (primary N) is 1. The summed E-state index contributed by atoms with van der Waals surface area (Å²) in [5.41, 5.74) is 12.6. The second-order valence-electron chi connectivity index (χ2n) is 13.9. The number of rotatable bonds is 8. The van der Waals surface area contributed by atoms with E-state index in [1.807, 2.05) is 10.9 Å². The van der Waals surface area contributed by atoms with Crippen LogP contribution in [0.5, 0.6) is 5.75 Å². The van der Waals surface area contributed by atoms with Crippen LogP contribution in [0.1, 0.15) is 95.2 Å². The van der Waals surface area contributed by atoms with Gasteiger partial charge in [-0.1, -0.05) is 24.3 Å². The van der Waals surface area contributed by atoms with E-state index in [2.05, 4.69) is 79.4 Å². The average molecular weight is 569 g/mol. The molecule has 0 spiro atoms. The number of aromatic nitrogens is 2. The van der Waals surface area contributed by atoms with E-state index in [0.717, 1.165) is 74.1 Å². The van der Waals surface area contributed by atoms with Gasteiger partial charge in [0.15, 0.2) is 0 Å². The van der Waals surface area contributed by atoms with Crippen molar-refractivity contribution in [1.82, 2.24) is 9.78 Å². The number of amides is 1. The number of nitrogens with zero attached hydrogens (tertiary/aromatic N) is 3. The summed E-state index contributed by atoms with van der Waals surface area (Å²) >= 11 is 0. The van der Waals surface area contributed by atoms with Gasteiger partial charge in [-0.3, -0.25) is 9.48 Å². The van der Waals surface area contributed by atoms with Gasteiger partial charge in [-0.15, -0.1) is 0 Å². The molecule has 4 aliphatic rings. The molecule has 42 heavy (non-hydrogen) atoms. The Labute approximate surface area is 251 Å². The first kappa shape index (κ1) is 29.0. The normalized spacial score (nSPS) is 27.3. The van der Waals surface area contributed by atoms with Crippen molar-refractivity contribution < 1.29 is 9.53 Å². The van der Waals surface area contributed by atoms with Gasteiger partial charge >= 0.3 is 0 Å². The van der Waals surface area contributed by atoms with E-state index in [9.17, 15) is 4.79 Å². The largest absolute Gasteiger partial charge is 0.496 e. The lowest BCUT2D eigenvalue weighted by Crippen LogP contribution is -2.52. The summed E-state index contributed by atoms with van der Waals surface area (Å²) in [5.74, 6) is 1.31. The first-order chi connectivity index (χ1) is 20.2. The van der Waals surface area contributed by atoms with Crippen molar-refractivity contribution in [3.63, 3.8) is 0 Å². The fourth-order valence-corrected chi connectivity index (χ4v) is 7.98. The molecule has 6 nitrogen and oxygen atoms in total. The molecule has 4 fully saturated rings. The zero-order valence-electron chi connectivity index (χ0n) is 25.9. The minimum atomic E-state index is 0.0575. The molecule has 3 aromatic rings. The van der Waals surface area contributed by atoms with E-state index in [1.165, 1.54) is 30.4 Å². The molecule has 7 rings (SSSR count). The third-order valence-electron chi connectivity index (χ3n) is 10.9. The van der Waals surface area contributed by atoms with Gasteiger partial charge in [0.25, 0.3) is 0 Å². The highest BCUT2D eigenvalue weighted by atomic mass is 16.5. The summed E-state index contributed by atoms with van der Waals surface area (Å²) in [7, 11) is 1.75. The summed E-state index contributed by atoms with van der Waals surface area (Å²) in [6.07, 6.45) is 14.8. The monoisotopic (exact) mass is 568 g/mol. The van der Waals surface area contributed by atoms with Gasteiger partial charge < -0.3 is 15.4 Å². The molecular weight excluding hydrogens is 520 g/mol. The molecule has 0 aliphatic heterocycles. The van der Waals surface area contributed by atoms with Crippen molar-refractivity contribution in [3.8, 4) is 16.9 Å². The quantitative estimate of drug-likeness (QED) is 0.304. The van der Waals surface area contributed by atoms with E-state index in [-0.39, 0.29) is 22.8 Å². The first-order valence-corrected chi connectivity index (χ1v) is 16.1. The van der Waals surface area contributed by atoms with Gasteiger partial charge in [0.2, 0.25) is 5.91 Å². The fourth-order valence-electron chi connectivity index (χ4n) is 7.98. The average Bonchev–Trinajstić information content (AvgIpc) is 3.52. The van der Waals surface area contributed by atoms with Crippen molar-refractivity contribution in [2.75, 3.05) is 18.6 Å². The Bertz CT molecular complexity index is 1390. The molecule has 1 aromatic heterocycles. The smallest absolute Gasteiger partial charge is 0.230 e. The molecule has 0 atom stereocenters. The number of carbonyl (C=O) groups excluding carboxylic acids is 1. The second-order valence-corrected chi connectivity index (χ2v) is 13.9. The molecule has 2 aromatic carbocycles. The van der Waals surface area contributed by atoms with Gasteiger partial charge in [0.1, 0.15) is 5.75 Å². The van der Waals surface area contributed by atoms with Crippen molar-refractivity contribution >= 4 is 11.6 Å². The zero-order chi connectivity index (χ0) is 29.5. The van der Waals surface area contributed by atoms with Crippen LogP contribution in [0.3, 0.4) is 0 Å². The molecule has 6 heteroatoms. The van der Waals surface area contributed by atoms with Crippen molar-refractivity contribution in [2.24, 2.45) is 17.1 Å². The van der Waals surface area contributed by atoms with Crippen LogP contribution in [0.25, 0.3) is 11.1 Å². The standard InChI is InChI=1S/C36H48N4O2/c1-25(2)40-23-29(22-38-40)28-6-5-7-32(21-28)39(34(41)27-8-11-31(37)12-9-27)24-35-14-17-36(18-15-35,19-16-35)30-10-13-33(42-4)26(3)20-30/h5-7,10,13,20-23,25,27,31H,8-9,11-12,14-19,24,37H2,1-4H3/t27-,31-,35?,36?. The lowest BCUT2D eigenvalue weighted by molar-refractivity contribution is -0.124. The minimum absolute atomic E-state index is 0.0575. The Morgan fingerprint density at radius 2 is 1.74 bits per heavy atom. The Kier molecular flexibility index (Phi) is 7.95. The number of hydrogen-bond donors (Lipinski definition) is 1. The number of hydrogen-bond acceptors (Lipinski definition) is 4. The topological polar surface area (TPSA) is 73.4 Å². The number of aryl methyl sites for hydroxylation is 1. The summed E-state index contributed by atoms with van der Waals surface area (Å²) in [6.45, 7) is 7.24. The van der Waals surface area contributed by atoms with Crippen LogP contribution in [0.4, 0.5) is 5.69 Å². The molecule has 2 N–H and O–H groups in total. The van der Waals surface area contributed by atoms with Crippen LogP contribution < -0.4 is 15.4 Å². The fraction of sp³-hybridized carbons (Fsp3) is 0.556. The van der Waals surface area contributed by atoms with Crippen LogP contribution in [0.15, 0.2) is 54.9 Å². The molecule has 4 aliphatic carbocycles. The zero-order valence-corrected chi connectivity index (χ0v) is 25.9. The van der Waals surface area contributed by atoms with E-state index in [4.69, 9.17) is 10.5 Å². The van der Waals surface area contributed by atoms with Gasteiger partial charge in [-0.2, -0.15) is 5.10 Å². The third-order valence-corrected chi connectivity index (χ3v) is 10.9. The van der Waals surface area contributed by atoms with Crippen LogP contribution in [0, 0.1) is 18.3 Å². The number of benzene rings is 2. The number of ether oxygens (including phenoxy) is 1. The predicted octanol–water partition coefficient (Wildman–Crippen LogP) is 7.59. The van der Waals surface area contributed by atoms with Crippen molar-refractivity contribution in [2.45, 2.75) is 102 Å². The first-order valence-electron chi connectivity index (χ1n) is 16.1. The highest BCUT2D eigenvalue weighted by molar-refractivity contribution is 5.96. The maximum Gasteiger partial charge on any atom is 0.230 e. The molecule has 224 valence electrons. The Morgan fingerprint density at radius 3 is 2.36 bits per heavy atom. The molecule has 1 amide bonds. The van der Waals surface area contributed by atoms with Gasteiger partial charge in [-0.25, -0.2) is 0 Å². The van der Waals surface area contributed by atoms with E-state index < -0.39 is 0 Å². The lowest BCUT2D eigenvalue weighted by Gasteiger charge is -2.55. The summed E-state index contributed by atoms with van der Waals surface area (Å²) in [6, 6.07) is 15.9. The van der Waals surface area contributed by atoms with Crippen LogP contribution >= 0.6 is 0 Å². The Balaban J connectivity index is 1.27. The molecule has 1 heterocycles. The molecule has 0 unspecified atom stereocenters. The highest BCUT2D eigenvalue weighted by Crippen LogP contribution is 2.58. The second kappa shape index (κ2) is 11.5. The van der Waals surface area contributed by atoms with Crippen LogP contribution in [0.2, 0.25) is 0 Å². The maximum atomic E-state index is 14.3. The lowest BCUT2D eigenvalue weighted by atomic mass is 9.51. The molecule has 0 radical (unpaired) electrons. The SMILES string of the molecule is COc1ccc(C23CCC(CN(c4cccc(-c5cnn(C(C)C)c5)c4)C(=O)[C@H]4CC[C@H](N)CC4)(CC2)CC3)cc1C. The summed E-state index contributed by atoms with van der Waals surface area (Å²) in [4.78, 5) is 16.5. The Hall–Kier alpha value is -3.12. The summed E-state index contributed by atoms with van der Waals surface area (Å²) in [5, 5.41) is 4.57. The third kappa shape index (κ3) is 5.50. The number of methoxy groups -OCH3 is 1. The van der Waals surface area contributed by atoms with E-state index in [0.29, 0.717) is 11.9 Å². The Morgan fingerprint density at radius 1 is 1.02 bits per heavy atom. The van der Waals surface area contributed by atoms with Crippen molar-refractivity contribution in [1.29, 1.82) is 0 Å². The van der Waals surface area contributed by atoms with Crippen LogP contribution in [-0.2, 0) is 10.2 Å². The molecular formula is C36H48N4O2. The van der Waals surface area contributed by atoms with Crippen LogP contribution in [-0.4, -0.2) is 35.4 Å². The summed E-state index contributed by atoms with van der Waals surface area (Å²) < 4.78 is 7.54. The maximum absolute atomic E-state index is 14.3.